The van der Waals surface area contributed by atoms with Crippen molar-refractivity contribution in [3.8, 4) is 11.4 Å². The lowest BCUT2D eigenvalue weighted by Gasteiger charge is -2.24. The van der Waals surface area contributed by atoms with E-state index in [0.717, 1.165) is 45.7 Å². The molecule has 194 valence electrons. The summed E-state index contributed by atoms with van der Waals surface area (Å²) in [5.74, 6) is 0.998. The van der Waals surface area contributed by atoms with Gasteiger partial charge in [0.2, 0.25) is 0 Å². The Morgan fingerprint density at radius 2 is 2.00 bits per heavy atom. The van der Waals surface area contributed by atoms with Crippen molar-refractivity contribution in [2.24, 2.45) is 0 Å². The zero-order valence-electron chi connectivity index (χ0n) is 22.0. The van der Waals surface area contributed by atoms with Crippen LogP contribution in [0.25, 0.3) is 16.6 Å². The van der Waals surface area contributed by atoms with Crippen LogP contribution in [0.5, 0.6) is 5.75 Å². The van der Waals surface area contributed by atoms with Gasteiger partial charge in [0, 0.05) is 28.1 Å². The van der Waals surface area contributed by atoms with Crippen molar-refractivity contribution in [2.45, 2.75) is 66.2 Å². The minimum absolute atomic E-state index is 0.171. The fraction of sp³-hybridized carbons (Fsp3) is 0.357. The number of amides is 1. The summed E-state index contributed by atoms with van der Waals surface area (Å²) in [6.45, 7) is 10.9. The van der Waals surface area contributed by atoms with Crippen LogP contribution in [-0.4, -0.2) is 36.4 Å². The molecular formula is C28H32ClN5O3. The second-order valence-corrected chi connectivity index (χ2v) is 10.1. The molecular weight excluding hydrogens is 490 g/mol. The highest BCUT2D eigenvalue weighted by molar-refractivity contribution is 6.31. The van der Waals surface area contributed by atoms with E-state index < -0.39 is 17.6 Å². The third-order valence-electron chi connectivity index (χ3n) is 6.19. The molecule has 0 saturated carbocycles. The molecule has 0 unspecified atom stereocenters. The van der Waals surface area contributed by atoms with Crippen molar-refractivity contribution in [3.63, 3.8) is 0 Å². The van der Waals surface area contributed by atoms with Crippen LogP contribution < -0.4 is 10.1 Å². The van der Waals surface area contributed by atoms with Gasteiger partial charge in [-0.3, -0.25) is 4.79 Å². The smallest absolute Gasteiger partial charge is 0.251 e. The van der Waals surface area contributed by atoms with Crippen LogP contribution >= 0.6 is 11.6 Å². The molecule has 2 aromatic heterocycles. The summed E-state index contributed by atoms with van der Waals surface area (Å²) in [5, 5.41) is 18.8. The Kier molecular flexibility index (Phi) is 7.52. The average molecular weight is 522 g/mol. The summed E-state index contributed by atoms with van der Waals surface area (Å²) >= 11 is 6.66. The average Bonchev–Trinajstić information content (AvgIpc) is 3.30. The van der Waals surface area contributed by atoms with E-state index >= 15 is 0 Å². The van der Waals surface area contributed by atoms with Gasteiger partial charge in [0.15, 0.2) is 0 Å². The van der Waals surface area contributed by atoms with Crippen LogP contribution in [0.4, 0.5) is 0 Å². The first kappa shape index (κ1) is 26.6. The number of benzene rings is 2. The standard InChI is InChI=1S/C28H32ClN5O3/c1-7-25-30-15-31-34(25)23-13-17(3)32-26-19(23)9-8-10-24(26)37-14-21-20(11-16(2)12-22(21)29)18(4)33-27(35)28(5,6)36/h8-13,15,18,36H,7,14H2,1-6H3,(H,33,35)/t18-/m0/s1. The van der Waals surface area contributed by atoms with Gasteiger partial charge < -0.3 is 15.2 Å². The van der Waals surface area contributed by atoms with E-state index in [1.54, 1.807) is 6.33 Å². The summed E-state index contributed by atoms with van der Waals surface area (Å²) in [6.07, 6.45) is 2.30. The molecule has 0 bridgehead atoms. The lowest BCUT2D eigenvalue weighted by molar-refractivity contribution is -0.137. The van der Waals surface area contributed by atoms with E-state index in [2.05, 4.69) is 15.4 Å². The number of aryl methyl sites for hydroxylation is 3. The Morgan fingerprint density at radius 3 is 2.70 bits per heavy atom. The van der Waals surface area contributed by atoms with Crippen LogP contribution in [-0.2, 0) is 17.8 Å². The molecule has 1 amide bonds. The Balaban J connectivity index is 1.71. The Labute approximate surface area is 221 Å². The summed E-state index contributed by atoms with van der Waals surface area (Å²) in [4.78, 5) is 21.6. The number of aliphatic hydroxyl groups is 1. The first-order chi connectivity index (χ1) is 17.5. The largest absolute Gasteiger partial charge is 0.487 e. The highest BCUT2D eigenvalue weighted by atomic mass is 35.5. The summed E-state index contributed by atoms with van der Waals surface area (Å²) < 4.78 is 8.15. The molecule has 0 aliphatic heterocycles. The van der Waals surface area contributed by atoms with Crippen molar-refractivity contribution in [3.05, 3.63) is 76.0 Å². The number of hydrogen-bond donors (Lipinski definition) is 2. The molecule has 0 saturated heterocycles. The number of para-hydroxylation sites is 1. The van der Waals surface area contributed by atoms with Gasteiger partial charge in [-0.2, -0.15) is 5.10 Å². The van der Waals surface area contributed by atoms with Gasteiger partial charge in [0.1, 0.15) is 35.6 Å². The maximum atomic E-state index is 12.4. The fourth-order valence-electron chi connectivity index (χ4n) is 4.27. The van der Waals surface area contributed by atoms with Crippen molar-refractivity contribution < 1.29 is 14.6 Å². The Morgan fingerprint density at radius 1 is 1.24 bits per heavy atom. The second kappa shape index (κ2) is 10.5. The number of ether oxygens (including phenoxy) is 1. The number of rotatable bonds is 8. The minimum atomic E-state index is -1.50. The number of nitrogens with one attached hydrogen (secondary N) is 1. The van der Waals surface area contributed by atoms with Crippen LogP contribution in [0.1, 0.15) is 61.9 Å². The number of carbonyl (C=O) groups excluding carboxylic acids is 1. The lowest BCUT2D eigenvalue weighted by Crippen LogP contribution is -2.43. The van der Waals surface area contributed by atoms with Gasteiger partial charge in [0.05, 0.1) is 11.7 Å². The van der Waals surface area contributed by atoms with Crippen LogP contribution in [0.2, 0.25) is 5.02 Å². The lowest BCUT2D eigenvalue weighted by atomic mass is 9.98. The fourth-order valence-corrected chi connectivity index (χ4v) is 4.60. The summed E-state index contributed by atoms with van der Waals surface area (Å²) in [5.41, 5.74) is 3.47. The molecule has 9 heteroatoms. The van der Waals surface area contributed by atoms with Gasteiger partial charge in [-0.25, -0.2) is 14.6 Å². The van der Waals surface area contributed by atoms with Gasteiger partial charge in [0.25, 0.3) is 5.91 Å². The van der Waals surface area contributed by atoms with Crippen molar-refractivity contribution in [1.29, 1.82) is 0 Å². The number of halogens is 1. The van der Waals surface area contributed by atoms with E-state index in [9.17, 15) is 9.90 Å². The number of fused-ring (bicyclic) bond motifs is 1. The molecule has 0 aliphatic rings. The predicted molar refractivity (Wildman–Crippen MR) is 144 cm³/mol. The normalized spacial score (nSPS) is 12.5. The van der Waals surface area contributed by atoms with Gasteiger partial charge in [-0.05, 0) is 63.9 Å². The molecule has 4 aromatic rings. The van der Waals surface area contributed by atoms with E-state index in [1.165, 1.54) is 13.8 Å². The predicted octanol–water partition coefficient (Wildman–Crippen LogP) is 5.18. The summed E-state index contributed by atoms with van der Waals surface area (Å²) in [7, 11) is 0. The molecule has 1 atom stereocenters. The Bertz CT molecular complexity index is 1460. The second-order valence-electron chi connectivity index (χ2n) is 9.73. The molecule has 2 heterocycles. The SMILES string of the molecule is CCc1ncnn1-c1cc(C)nc2c(OCc3c(Cl)cc(C)cc3[C@H](C)NC(=O)C(C)(C)O)cccc12. The maximum absolute atomic E-state index is 12.4. The number of aromatic nitrogens is 4. The topological polar surface area (TPSA) is 102 Å². The van der Waals surface area contributed by atoms with E-state index in [0.29, 0.717) is 16.3 Å². The number of hydrogen-bond acceptors (Lipinski definition) is 6. The van der Waals surface area contributed by atoms with Gasteiger partial charge in [-0.15, -0.1) is 0 Å². The van der Waals surface area contributed by atoms with E-state index in [1.807, 2.05) is 68.8 Å². The molecule has 0 spiro atoms. The highest BCUT2D eigenvalue weighted by Crippen LogP contribution is 2.33. The maximum Gasteiger partial charge on any atom is 0.251 e. The van der Waals surface area contributed by atoms with Crippen molar-refractivity contribution >= 4 is 28.4 Å². The minimum Gasteiger partial charge on any atom is -0.487 e. The first-order valence-corrected chi connectivity index (χ1v) is 12.6. The Hall–Kier alpha value is -3.49. The molecule has 4 rings (SSSR count). The molecule has 37 heavy (non-hydrogen) atoms. The molecule has 2 aromatic carbocycles. The number of nitrogens with zero attached hydrogens (tertiary/aromatic N) is 4. The van der Waals surface area contributed by atoms with E-state index in [-0.39, 0.29) is 6.61 Å². The molecule has 0 fully saturated rings. The van der Waals surface area contributed by atoms with Crippen LogP contribution in [0.3, 0.4) is 0 Å². The van der Waals surface area contributed by atoms with Crippen molar-refractivity contribution in [2.75, 3.05) is 0 Å². The zero-order chi connectivity index (χ0) is 26.9. The number of carbonyl (C=O) groups is 1. The van der Waals surface area contributed by atoms with Crippen molar-refractivity contribution in [1.82, 2.24) is 25.1 Å². The third-order valence-corrected chi connectivity index (χ3v) is 6.52. The van der Waals surface area contributed by atoms with E-state index in [4.69, 9.17) is 21.3 Å². The first-order valence-electron chi connectivity index (χ1n) is 12.2. The zero-order valence-corrected chi connectivity index (χ0v) is 22.7. The molecule has 8 nitrogen and oxygen atoms in total. The van der Waals surface area contributed by atoms with Crippen LogP contribution in [0.15, 0.2) is 42.7 Å². The quantitative estimate of drug-likeness (QED) is 0.331. The third kappa shape index (κ3) is 5.60. The monoisotopic (exact) mass is 521 g/mol. The van der Waals surface area contributed by atoms with Gasteiger partial charge >= 0.3 is 0 Å². The molecule has 0 radical (unpaired) electrons. The highest BCUT2D eigenvalue weighted by Gasteiger charge is 2.26. The number of pyridine rings is 1. The van der Waals surface area contributed by atoms with Gasteiger partial charge in [-0.1, -0.05) is 36.7 Å². The molecule has 0 aliphatic carbocycles. The molecule has 2 N–H and O–H groups in total. The summed E-state index contributed by atoms with van der Waals surface area (Å²) in [6, 6.07) is 11.2. The van der Waals surface area contributed by atoms with Crippen LogP contribution in [0, 0.1) is 13.8 Å².